The van der Waals surface area contributed by atoms with Gasteiger partial charge < -0.3 is 15.7 Å². The molecule has 14 heavy (non-hydrogen) atoms. The molecule has 3 N–H and O–H groups in total. The number of amides is 1. The van der Waals surface area contributed by atoms with E-state index >= 15 is 0 Å². The lowest BCUT2D eigenvalue weighted by Crippen LogP contribution is -2.43. The fourth-order valence-electron chi connectivity index (χ4n) is 2.46. The normalized spacial score (nSPS) is 39.1. The largest absolute Gasteiger partial charge is 0.393 e. The molecule has 0 aromatic carbocycles. The first kappa shape index (κ1) is 9.93. The van der Waals surface area contributed by atoms with Gasteiger partial charge >= 0.3 is 0 Å². The number of hydrogen-bond acceptors (Lipinski definition) is 3. The Balaban J connectivity index is 1.93. The van der Waals surface area contributed by atoms with Crippen LogP contribution in [0.5, 0.6) is 0 Å². The number of likely N-dealkylation sites (tertiary alicyclic amines) is 1. The van der Waals surface area contributed by atoms with Crippen LogP contribution in [0.15, 0.2) is 0 Å². The smallest absolute Gasteiger partial charge is 0.239 e. The molecule has 1 aliphatic carbocycles. The molecule has 0 aromatic rings. The maximum atomic E-state index is 11.6. The van der Waals surface area contributed by atoms with Gasteiger partial charge in [-0.15, -0.1) is 0 Å². The summed E-state index contributed by atoms with van der Waals surface area (Å²) in [5, 5.41) is 9.36. The third-order valence-electron chi connectivity index (χ3n) is 3.39. The number of aliphatic hydroxyl groups excluding tert-OH is 1. The number of hydrogen-bond donors (Lipinski definition) is 2. The van der Waals surface area contributed by atoms with Crippen molar-refractivity contribution in [1.82, 2.24) is 4.90 Å². The van der Waals surface area contributed by atoms with Gasteiger partial charge in [0.1, 0.15) is 0 Å². The summed E-state index contributed by atoms with van der Waals surface area (Å²) in [6, 6.07) is 0.0568. The fraction of sp³-hybridized carbons (Fsp3) is 0.900. The average molecular weight is 198 g/mol. The maximum absolute atomic E-state index is 11.6. The molecule has 1 aliphatic heterocycles. The predicted octanol–water partition coefficient (Wildman–Crippen LogP) is -0.151. The predicted molar refractivity (Wildman–Crippen MR) is 52.6 cm³/mol. The number of carbonyl (C=O) groups is 1. The highest BCUT2D eigenvalue weighted by Crippen LogP contribution is 2.26. The van der Waals surface area contributed by atoms with Crippen LogP contribution in [-0.2, 0) is 4.79 Å². The molecule has 2 fully saturated rings. The summed E-state index contributed by atoms with van der Waals surface area (Å²) in [6.45, 7) is 0.806. The van der Waals surface area contributed by atoms with E-state index in [2.05, 4.69) is 0 Å². The van der Waals surface area contributed by atoms with Gasteiger partial charge in [-0.25, -0.2) is 0 Å². The first-order valence-electron chi connectivity index (χ1n) is 5.42. The van der Waals surface area contributed by atoms with Gasteiger partial charge in [0, 0.05) is 12.6 Å². The average Bonchev–Trinajstić information content (AvgIpc) is 2.50. The Bertz CT molecular complexity index is 224. The Kier molecular flexibility index (Phi) is 2.74. The molecule has 0 aromatic heterocycles. The lowest BCUT2D eigenvalue weighted by molar-refractivity contribution is -0.131. The number of nitrogens with zero attached hydrogens (tertiary/aromatic N) is 1. The van der Waals surface area contributed by atoms with Gasteiger partial charge in [0.25, 0.3) is 0 Å². The summed E-state index contributed by atoms with van der Waals surface area (Å²) in [6.07, 6.45) is 4.14. The zero-order valence-corrected chi connectivity index (χ0v) is 8.35. The highest BCUT2D eigenvalue weighted by molar-refractivity contribution is 5.84. The Morgan fingerprint density at radius 2 is 1.86 bits per heavy atom. The number of carbonyl (C=O) groups excluding carboxylic acids is 1. The monoisotopic (exact) mass is 198 g/mol. The molecule has 1 saturated heterocycles. The van der Waals surface area contributed by atoms with E-state index in [4.69, 9.17) is 5.73 Å². The summed E-state index contributed by atoms with van der Waals surface area (Å²) in [5.41, 5.74) is 5.66. The Morgan fingerprint density at radius 1 is 1.21 bits per heavy atom. The van der Waals surface area contributed by atoms with Crippen LogP contribution in [0.1, 0.15) is 32.1 Å². The number of rotatable bonds is 1. The molecular weight excluding hydrogens is 180 g/mol. The van der Waals surface area contributed by atoms with Crippen molar-refractivity contribution in [3.05, 3.63) is 0 Å². The molecule has 4 heteroatoms. The van der Waals surface area contributed by atoms with E-state index in [9.17, 15) is 9.90 Å². The van der Waals surface area contributed by atoms with E-state index in [0.29, 0.717) is 6.04 Å². The van der Waals surface area contributed by atoms with Gasteiger partial charge in [-0.3, -0.25) is 4.79 Å². The van der Waals surface area contributed by atoms with Crippen LogP contribution in [0.2, 0.25) is 0 Å². The van der Waals surface area contributed by atoms with Crippen LogP contribution in [0, 0.1) is 0 Å². The highest BCUT2D eigenvalue weighted by Gasteiger charge is 2.35. The molecule has 0 radical (unpaired) electrons. The minimum absolute atomic E-state index is 0.103. The molecule has 1 atom stereocenters. The van der Waals surface area contributed by atoms with Crippen LogP contribution >= 0.6 is 0 Å². The van der Waals surface area contributed by atoms with Gasteiger partial charge in [0.05, 0.1) is 12.1 Å². The van der Waals surface area contributed by atoms with E-state index in [0.717, 1.165) is 38.6 Å². The van der Waals surface area contributed by atoms with Crippen molar-refractivity contribution in [2.24, 2.45) is 5.73 Å². The number of aliphatic hydroxyl groups is 1. The van der Waals surface area contributed by atoms with E-state index in [1.54, 1.807) is 0 Å². The second-order valence-corrected chi connectivity index (χ2v) is 4.39. The van der Waals surface area contributed by atoms with Crippen molar-refractivity contribution in [2.75, 3.05) is 6.54 Å². The van der Waals surface area contributed by atoms with Crippen molar-refractivity contribution < 1.29 is 9.90 Å². The molecule has 1 saturated carbocycles. The van der Waals surface area contributed by atoms with Gasteiger partial charge in [0.15, 0.2) is 0 Å². The lowest BCUT2D eigenvalue weighted by Gasteiger charge is -2.33. The van der Waals surface area contributed by atoms with Crippen LogP contribution in [0.4, 0.5) is 0 Å². The molecule has 1 unspecified atom stereocenters. The second-order valence-electron chi connectivity index (χ2n) is 4.39. The zero-order chi connectivity index (χ0) is 10.1. The lowest BCUT2D eigenvalue weighted by atomic mass is 9.92. The van der Waals surface area contributed by atoms with Crippen molar-refractivity contribution >= 4 is 5.91 Å². The van der Waals surface area contributed by atoms with Gasteiger partial charge in [-0.2, -0.15) is 0 Å². The van der Waals surface area contributed by atoms with E-state index in [1.807, 2.05) is 4.90 Å². The van der Waals surface area contributed by atoms with Crippen molar-refractivity contribution in [2.45, 2.75) is 50.3 Å². The molecular formula is C10H18N2O2. The van der Waals surface area contributed by atoms with E-state index in [-0.39, 0.29) is 18.1 Å². The van der Waals surface area contributed by atoms with Gasteiger partial charge in [-0.1, -0.05) is 0 Å². The van der Waals surface area contributed by atoms with E-state index in [1.165, 1.54) is 0 Å². The Morgan fingerprint density at radius 3 is 2.36 bits per heavy atom. The topological polar surface area (TPSA) is 66.6 Å². The molecule has 2 rings (SSSR count). The molecule has 4 nitrogen and oxygen atoms in total. The molecule has 2 aliphatic rings. The second kappa shape index (κ2) is 3.87. The van der Waals surface area contributed by atoms with Crippen molar-refractivity contribution in [3.8, 4) is 0 Å². The first-order chi connectivity index (χ1) is 6.68. The van der Waals surface area contributed by atoms with E-state index < -0.39 is 0 Å². The van der Waals surface area contributed by atoms with Crippen LogP contribution in [0.3, 0.4) is 0 Å². The SMILES string of the molecule is NC1CCN(C2CCC(O)CC2)C1=O. The summed E-state index contributed by atoms with van der Waals surface area (Å²) < 4.78 is 0. The van der Waals surface area contributed by atoms with Crippen molar-refractivity contribution in [1.29, 1.82) is 0 Å². The van der Waals surface area contributed by atoms with Gasteiger partial charge in [0.2, 0.25) is 5.91 Å². The molecule has 0 spiro atoms. The Labute approximate surface area is 84.1 Å². The molecule has 1 amide bonds. The van der Waals surface area contributed by atoms with Crippen LogP contribution in [0.25, 0.3) is 0 Å². The third kappa shape index (κ3) is 1.77. The first-order valence-corrected chi connectivity index (χ1v) is 5.42. The maximum Gasteiger partial charge on any atom is 0.239 e. The third-order valence-corrected chi connectivity index (χ3v) is 3.39. The summed E-state index contributed by atoms with van der Waals surface area (Å²) >= 11 is 0. The molecule has 1 heterocycles. The summed E-state index contributed by atoms with van der Waals surface area (Å²) in [4.78, 5) is 13.5. The molecule has 0 bridgehead atoms. The zero-order valence-electron chi connectivity index (χ0n) is 8.35. The minimum Gasteiger partial charge on any atom is -0.393 e. The van der Waals surface area contributed by atoms with Crippen LogP contribution < -0.4 is 5.73 Å². The highest BCUT2D eigenvalue weighted by atomic mass is 16.3. The van der Waals surface area contributed by atoms with Gasteiger partial charge in [-0.05, 0) is 32.1 Å². The minimum atomic E-state index is -0.276. The van der Waals surface area contributed by atoms with Crippen molar-refractivity contribution in [3.63, 3.8) is 0 Å². The standard InChI is InChI=1S/C10H18N2O2/c11-9-5-6-12(10(9)14)7-1-3-8(13)4-2-7/h7-9,13H,1-6,11H2. The molecule has 80 valence electrons. The summed E-state index contributed by atoms with van der Waals surface area (Å²) in [5.74, 6) is 0.103. The fourth-order valence-corrected chi connectivity index (χ4v) is 2.46. The summed E-state index contributed by atoms with van der Waals surface area (Å²) in [7, 11) is 0. The number of nitrogens with two attached hydrogens (primary N) is 1. The van der Waals surface area contributed by atoms with Crippen LogP contribution in [-0.4, -0.2) is 40.6 Å². The quantitative estimate of drug-likeness (QED) is 0.615. The Hall–Kier alpha value is -0.610.